The summed E-state index contributed by atoms with van der Waals surface area (Å²) in [5, 5.41) is 7.39. The summed E-state index contributed by atoms with van der Waals surface area (Å²) in [5.74, 6) is -1.05. The number of esters is 1. The van der Waals surface area contributed by atoms with Gasteiger partial charge in [0.25, 0.3) is 5.91 Å². The number of carbonyl (C=O) groups excluding carboxylic acids is 2. The molecular weight excluding hydrogens is 402 g/mol. The molecule has 7 heteroatoms. The highest BCUT2D eigenvalue weighted by Gasteiger charge is 2.11. The normalized spacial score (nSPS) is 10.9. The average molecular weight is 424 g/mol. The first kappa shape index (κ1) is 21.3. The van der Waals surface area contributed by atoms with E-state index in [1.54, 1.807) is 14.0 Å². The van der Waals surface area contributed by atoms with E-state index in [4.69, 9.17) is 16.3 Å². The number of halogens is 1. The molecule has 3 rings (SSSR count). The maximum Gasteiger partial charge on any atom is 0.331 e. The molecule has 3 aromatic rings. The first-order valence-electron chi connectivity index (χ1n) is 9.39. The third kappa shape index (κ3) is 5.58. The molecule has 1 N–H and O–H groups in total. The van der Waals surface area contributed by atoms with Crippen LogP contribution in [-0.2, 0) is 27.8 Å². The van der Waals surface area contributed by atoms with Crippen LogP contribution in [0.4, 0.5) is 5.69 Å². The fourth-order valence-electron chi connectivity index (χ4n) is 2.97. The second-order valence-corrected chi connectivity index (χ2v) is 7.08. The SMILES string of the molecule is Cc1nn(C)c(Cl)c1/C=C/C(=O)OCC(=O)Nc1ccccc1Cc1ccccc1. The Kier molecular flexibility index (Phi) is 7.03. The van der Waals surface area contributed by atoms with Gasteiger partial charge in [-0.15, -0.1) is 0 Å². The van der Waals surface area contributed by atoms with Gasteiger partial charge in [0.2, 0.25) is 0 Å². The number of para-hydroxylation sites is 1. The standard InChI is InChI=1S/C23H22ClN3O3/c1-16-19(23(24)27(2)26-16)12-13-22(29)30-15-21(28)25-20-11-7-6-10-18(20)14-17-8-4-3-5-9-17/h3-13H,14-15H2,1-2H3,(H,25,28)/b13-12+. The van der Waals surface area contributed by atoms with Gasteiger partial charge in [0, 0.05) is 24.4 Å². The highest BCUT2D eigenvalue weighted by atomic mass is 35.5. The van der Waals surface area contributed by atoms with E-state index in [1.807, 2.05) is 54.6 Å². The zero-order valence-electron chi connectivity index (χ0n) is 16.8. The molecule has 6 nitrogen and oxygen atoms in total. The molecule has 0 unspecified atom stereocenters. The summed E-state index contributed by atoms with van der Waals surface area (Å²) >= 11 is 6.12. The lowest BCUT2D eigenvalue weighted by Crippen LogP contribution is -2.20. The van der Waals surface area contributed by atoms with Crippen LogP contribution in [0.1, 0.15) is 22.4 Å². The van der Waals surface area contributed by atoms with Gasteiger partial charge in [-0.25, -0.2) is 4.79 Å². The fourth-order valence-corrected chi connectivity index (χ4v) is 3.21. The smallest absolute Gasteiger partial charge is 0.331 e. The molecule has 0 aliphatic heterocycles. The van der Waals surface area contributed by atoms with Crippen molar-refractivity contribution in [1.82, 2.24) is 9.78 Å². The van der Waals surface area contributed by atoms with Gasteiger partial charge in [-0.2, -0.15) is 5.10 Å². The second kappa shape index (κ2) is 9.89. The lowest BCUT2D eigenvalue weighted by molar-refractivity contribution is -0.142. The molecule has 154 valence electrons. The van der Waals surface area contributed by atoms with Crippen molar-refractivity contribution in [2.75, 3.05) is 11.9 Å². The van der Waals surface area contributed by atoms with E-state index >= 15 is 0 Å². The lowest BCUT2D eigenvalue weighted by Gasteiger charge is -2.11. The summed E-state index contributed by atoms with van der Waals surface area (Å²) in [6, 6.07) is 17.5. The summed E-state index contributed by atoms with van der Waals surface area (Å²) in [7, 11) is 1.71. The molecule has 2 aromatic carbocycles. The monoisotopic (exact) mass is 423 g/mol. The van der Waals surface area contributed by atoms with Gasteiger partial charge < -0.3 is 10.1 Å². The number of amides is 1. The van der Waals surface area contributed by atoms with E-state index < -0.39 is 11.9 Å². The van der Waals surface area contributed by atoms with Gasteiger partial charge in [0.1, 0.15) is 5.15 Å². The number of nitrogens with one attached hydrogen (secondary N) is 1. The molecule has 1 aromatic heterocycles. The second-order valence-electron chi connectivity index (χ2n) is 6.72. The van der Waals surface area contributed by atoms with Crippen molar-refractivity contribution in [2.45, 2.75) is 13.3 Å². The van der Waals surface area contributed by atoms with Crippen LogP contribution < -0.4 is 5.32 Å². The van der Waals surface area contributed by atoms with E-state index in [1.165, 1.54) is 16.8 Å². The van der Waals surface area contributed by atoms with Crippen molar-refractivity contribution in [3.63, 3.8) is 0 Å². The van der Waals surface area contributed by atoms with Gasteiger partial charge in [-0.3, -0.25) is 9.48 Å². The number of nitrogens with zero attached hydrogens (tertiary/aromatic N) is 2. The molecule has 0 bridgehead atoms. The Bertz CT molecular complexity index is 1070. The Labute approximate surface area is 180 Å². The van der Waals surface area contributed by atoms with E-state index in [0.29, 0.717) is 28.5 Å². The number of anilines is 1. The number of aryl methyl sites for hydroxylation is 2. The quantitative estimate of drug-likeness (QED) is 0.457. The summed E-state index contributed by atoms with van der Waals surface area (Å²) in [4.78, 5) is 24.2. The number of aromatic nitrogens is 2. The van der Waals surface area contributed by atoms with Crippen LogP contribution in [0.25, 0.3) is 6.08 Å². The molecule has 0 saturated carbocycles. The maximum atomic E-state index is 12.3. The molecule has 0 spiro atoms. The first-order chi connectivity index (χ1) is 14.4. The molecule has 0 saturated heterocycles. The number of ether oxygens (including phenoxy) is 1. The number of hydrogen-bond acceptors (Lipinski definition) is 4. The fraction of sp³-hybridized carbons (Fsp3) is 0.174. The Balaban J connectivity index is 1.56. The van der Waals surface area contributed by atoms with Crippen LogP contribution in [0.2, 0.25) is 5.15 Å². The van der Waals surface area contributed by atoms with Crippen molar-refractivity contribution in [3.8, 4) is 0 Å². The minimum absolute atomic E-state index is 0.386. The van der Waals surface area contributed by atoms with E-state index in [2.05, 4.69) is 10.4 Å². The van der Waals surface area contributed by atoms with Crippen molar-refractivity contribution in [3.05, 3.63) is 88.2 Å². The van der Waals surface area contributed by atoms with Crippen molar-refractivity contribution in [2.24, 2.45) is 7.05 Å². The van der Waals surface area contributed by atoms with Crippen LogP contribution in [0, 0.1) is 6.92 Å². The Morgan fingerprint density at radius 2 is 1.83 bits per heavy atom. The zero-order valence-corrected chi connectivity index (χ0v) is 17.5. The average Bonchev–Trinajstić information content (AvgIpc) is 2.98. The molecule has 0 fully saturated rings. The summed E-state index contributed by atoms with van der Waals surface area (Å²) < 4.78 is 6.55. The van der Waals surface area contributed by atoms with Gasteiger partial charge in [0.05, 0.1) is 5.69 Å². The number of hydrogen-bond donors (Lipinski definition) is 1. The Morgan fingerprint density at radius 3 is 2.53 bits per heavy atom. The minimum atomic E-state index is -0.637. The molecule has 0 aliphatic carbocycles. The number of carbonyl (C=O) groups is 2. The molecule has 1 heterocycles. The Hall–Kier alpha value is -3.38. The van der Waals surface area contributed by atoms with Crippen molar-refractivity contribution in [1.29, 1.82) is 0 Å². The molecule has 0 aliphatic rings. The lowest BCUT2D eigenvalue weighted by atomic mass is 10.0. The van der Waals surface area contributed by atoms with Crippen molar-refractivity contribution >= 4 is 35.2 Å². The Morgan fingerprint density at radius 1 is 1.13 bits per heavy atom. The summed E-state index contributed by atoms with van der Waals surface area (Å²) in [6.07, 6.45) is 3.44. The largest absolute Gasteiger partial charge is 0.452 e. The predicted molar refractivity (Wildman–Crippen MR) is 117 cm³/mol. The van der Waals surface area contributed by atoms with E-state index in [-0.39, 0.29) is 6.61 Å². The van der Waals surface area contributed by atoms with Crippen LogP contribution in [0.3, 0.4) is 0 Å². The van der Waals surface area contributed by atoms with Gasteiger partial charge in [-0.1, -0.05) is 60.1 Å². The van der Waals surface area contributed by atoms with E-state index in [9.17, 15) is 9.59 Å². The third-order valence-corrected chi connectivity index (χ3v) is 4.90. The highest BCUT2D eigenvalue weighted by molar-refractivity contribution is 6.31. The topological polar surface area (TPSA) is 73.2 Å². The molecule has 0 radical (unpaired) electrons. The molecule has 30 heavy (non-hydrogen) atoms. The van der Waals surface area contributed by atoms with Gasteiger partial charge in [-0.05, 0) is 36.6 Å². The number of rotatable bonds is 7. The first-order valence-corrected chi connectivity index (χ1v) is 9.77. The molecular formula is C23H22ClN3O3. The molecule has 1 amide bonds. The van der Waals surface area contributed by atoms with Crippen LogP contribution >= 0.6 is 11.6 Å². The van der Waals surface area contributed by atoms with Gasteiger partial charge in [0.15, 0.2) is 6.61 Å². The molecule has 0 atom stereocenters. The van der Waals surface area contributed by atoms with Crippen LogP contribution in [-0.4, -0.2) is 28.3 Å². The highest BCUT2D eigenvalue weighted by Crippen LogP contribution is 2.20. The van der Waals surface area contributed by atoms with Crippen LogP contribution in [0.5, 0.6) is 0 Å². The predicted octanol–water partition coefficient (Wildman–Crippen LogP) is 4.17. The summed E-state index contributed by atoms with van der Waals surface area (Å²) in [5.41, 5.74) is 4.13. The minimum Gasteiger partial charge on any atom is -0.452 e. The van der Waals surface area contributed by atoms with Crippen LogP contribution in [0.15, 0.2) is 60.7 Å². The third-order valence-electron chi connectivity index (χ3n) is 4.46. The maximum absolute atomic E-state index is 12.3. The van der Waals surface area contributed by atoms with Crippen molar-refractivity contribution < 1.29 is 14.3 Å². The number of benzene rings is 2. The summed E-state index contributed by atoms with van der Waals surface area (Å²) in [6.45, 7) is 1.40. The van der Waals surface area contributed by atoms with E-state index in [0.717, 1.165) is 11.1 Å². The zero-order chi connectivity index (χ0) is 21.5. The van der Waals surface area contributed by atoms with Gasteiger partial charge >= 0.3 is 5.97 Å².